The molecule has 0 spiro atoms. The first-order chi connectivity index (χ1) is 9.10. The molecule has 0 heterocycles. The predicted molar refractivity (Wildman–Crippen MR) is 80.5 cm³/mol. The van der Waals surface area contributed by atoms with E-state index in [1.807, 2.05) is 12.1 Å². The first-order valence-corrected chi connectivity index (χ1v) is 7.06. The molecule has 1 fully saturated rings. The average Bonchev–Trinajstić information content (AvgIpc) is 3.09. The summed E-state index contributed by atoms with van der Waals surface area (Å²) in [5.41, 5.74) is 2.60. The zero-order valence-corrected chi connectivity index (χ0v) is 11.9. The molecule has 2 atom stereocenters. The summed E-state index contributed by atoms with van der Waals surface area (Å²) in [6.45, 7) is 0. The van der Waals surface area contributed by atoms with Crippen molar-refractivity contribution < 1.29 is 4.74 Å². The number of hydrogen-bond acceptors (Lipinski definition) is 1. The van der Waals surface area contributed by atoms with Gasteiger partial charge in [0, 0.05) is 5.92 Å². The van der Waals surface area contributed by atoms with Gasteiger partial charge in [0.25, 0.3) is 0 Å². The summed E-state index contributed by atoms with van der Waals surface area (Å²) >= 11 is 12.7. The summed E-state index contributed by atoms with van der Waals surface area (Å²) in [6, 6.07) is 8.36. The van der Waals surface area contributed by atoms with Crippen LogP contribution in [0, 0.1) is 0 Å². The molecule has 0 aromatic heterocycles. The summed E-state index contributed by atoms with van der Waals surface area (Å²) in [4.78, 5) is -0.128. The van der Waals surface area contributed by atoms with E-state index in [4.69, 9.17) is 27.9 Å². The average molecular weight is 291 g/mol. The Hall–Kier alpha value is -1.18. The Balaban J connectivity index is 1.97. The fraction of sp³-hybridized carbons (Fsp3) is 0.250. The molecule has 0 radical (unpaired) electrons. The second-order valence-electron chi connectivity index (χ2n) is 5.33. The molecule has 2 aromatic rings. The van der Waals surface area contributed by atoms with E-state index in [-0.39, 0.29) is 4.87 Å². The fourth-order valence-electron chi connectivity index (χ4n) is 2.97. The third-order valence-corrected chi connectivity index (χ3v) is 5.00. The van der Waals surface area contributed by atoms with Gasteiger partial charge in [-0.05, 0) is 46.5 Å². The minimum absolute atomic E-state index is 0.128. The summed E-state index contributed by atoms with van der Waals surface area (Å²) < 4.78 is 5.28. The number of allylic oxidation sites excluding steroid dienone is 1. The van der Waals surface area contributed by atoms with E-state index >= 15 is 0 Å². The minimum Gasteiger partial charge on any atom is -0.495 e. The van der Waals surface area contributed by atoms with Gasteiger partial charge in [0.1, 0.15) is 5.75 Å². The highest BCUT2D eigenvalue weighted by molar-refractivity contribution is 6.33. The summed E-state index contributed by atoms with van der Waals surface area (Å²) in [5, 5.41) is 2.94. The van der Waals surface area contributed by atoms with Crippen molar-refractivity contribution in [1.82, 2.24) is 0 Å². The van der Waals surface area contributed by atoms with Crippen LogP contribution in [0.15, 0.2) is 30.3 Å². The maximum absolute atomic E-state index is 6.48. The normalized spacial score (nSPS) is 27.0. The number of ether oxygens (including phenoxy) is 1. The second-order valence-corrected chi connectivity index (χ2v) is 6.44. The van der Waals surface area contributed by atoms with Crippen molar-refractivity contribution in [2.24, 2.45) is 0 Å². The van der Waals surface area contributed by atoms with E-state index in [0.29, 0.717) is 16.7 Å². The lowest BCUT2D eigenvalue weighted by atomic mass is 9.93. The molecule has 3 heteroatoms. The molecule has 0 N–H and O–H groups in total. The van der Waals surface area contributed by atoms with Crippen molar-refractivity contribution in [3.8, 4) is 5.75 Å². The van der Waals surface area contributed by atoms with Gasteiger partial charge in [0.05, 0.1) is 17.0 Å². The number of methoxy groups -OCH3 is 1. The molecule has 0 bridgehead atoms. The van der Waals surface area contributed by atoms with Gasteiger partial charge in [-0.3, -0.25) is 0 Å². The quantitative estimate of drug-likeness (QED) is 0.672. The van der Waals surface area contributed by atoms with Crippen molar-refractivity contribution in [2.45, 2.75) is 17.2 Å². The number of halogens is 2. The molecule has 1 nitrogen and oxygen atoms in total. The number of rotatable bonds is 1. The van der Waals surface area contributed by atoms with E-state index in [1.165, 1.54) is 11.1 Å². The molecule has 1 saturated carbocycles. The van der Waals surface area contributed by atoms with Crippen LogP contribution in [0.5, 0.6) is 5.75 Å². The highest BCUT2D eigenvalue weighted by Crippen LogP contribution is 2.61. The fourth-order valence-corrected chi connectivity index (χ4v) is 3.56. The number of benzene rings is 2. The smallest absolute Gasteiger partial charge is 0.138 e. The molecular formula is C16H12Cl2O. The number of fused-ring (bicyclic) bond motifs is 4. The number of hydrogen-bond donors (Lipinski definition) is 0. The summed E-state index contributed by atoms with van der Waals surface area (Å²) in [7, 11) is 1.64. The van der Waals surface area contributed by atoms with Gasteiger partial charge in [-0.15, -0.1) is 11.6 Å². The third kappa shape index (κ3) is 1.62. The van der Waals surface area contributed by atoms with Gasteiger partial charge in [0.15, 0.2) is 0 Å². The second kappa shape index (κ2) is 3.68. The van der Waals surface area contributed by atoms with Gasteiger partial charge in [-0.2, -0.15) is 0 Å². The first kappa shape index (κ1) is 11.6. The van der Waals surface area contributed by atoms with Crippen LogP contribution in [0.25, 0.3) is 16.8 Å². The molecule has 2 aliphatic rings. The van der Waals surface area contributed by atoms with Gasteiger partial charge in [-0.1, -0.05) is 29.8 Å². The van der Waals surface area contributed by atoms with Gasteiger partial charge < -0.3 is 4.74 Å². The standard InChI is InChI=1S/C16H12Cl2O/c1-19-15-7-11-5-12-9(4-10(11)6-14(15)17)2-3-16(18)8-13(12)16/h2-7,13H,8H2,1H3. The third-order valence-electron chi connectivity index (χ3n) is 4.16. The molecule has 0 amide bonds. The Morgan fingerprint density at radius 1 is 1.21 bits per heavy atom. The van der Waals surface area contributed by atoms with Gasteiger partial charge in [-0.25, -0.2) is 0 Å². The molecule has 2 aromatic carbocycles. The monoisotopic (exact) mass is 290 g/mol. The van der Waals surface area contributed by atoms with Crippen molar-refractivity contribution in [3.05, 3.63) is 46.5 Å². The lowest BCUT2D eigenvalue weighted by Crippen LogP contribution is -2.03. The van der Waals surface area contributed by atoms with E-state index < -0.39 is 0 Å². The SMILES string of the molecule is COc1cc2cc3c(cc2cc1Cl)C=CC1(Cl)CC31. The highest BCUT2D eigenvalue weighted by atomic mass is 35.5. The van der Waals surface area contributed by atoms with E-state index in [9.17, 15) is 0 Å². The molecule has 4 rings (SSSR count). The summed E-state index contributed by atoms with van der Waals surface area (Å²) in [6.07, 6.45) is 5.29. The Bertz CT molecular complexity index is 735. The van der Waals surface area contributed by atoms with E-state index in [0.717, 1.165) is 17.2 Å². The lowest BCUT2D eigenvalue weighted by molar-refractivity contribution is 0.415. The zero-order valence-electron chi connectivity index (χ0n) is 10.4. The first-order valence-electron chi connectivity index (χ1n) is 6.30. The van der Waals surface area contributed by atoms with Gasteiger partial charge in [0.2, 0.25) is 0 Å². The maximum atomic E-state index is 6.48. The molecule has 0 aliphatic heterocycles. The molecule has 19 heavy (non-hydrogen) atoms. The van der Waals surface area contributed by atoms with E-state index in [1.54, 1.807) is 7.11 Å². The van der Waals surface area contributed by atoms with Crippen LogP contribution in [0.1, 0.15) is 23.5 Å². The molecule has 2 unspecified atom stereocenters. The Morgan fingerprint density at radius 2 is 2.00 bits per heavy atom. The van der Waals surface area contributed by atoms with Crippen LogP contribution in [-0.4, -0.2) is 12.0 Å². The number of alkyl halides is 1. The molecular weight excluding hydrogens is 279 g/mol. The van der Waals surface area contributed by atoms with Crippen LogP contribution in [-0.2, 0) is 0 Å². The largest absolute Gasteiger partial charge is 0.495 e. The van der Waals surface area contributed by atoms with Crippen molar-refractivity contribution in [1.29, 1.82) is 0 Å². The highest BCUT2D eigenvalue weighted by Gasteiger charge is 2.53. The van der Waals surface area contributed by atoms with Crippen LogP contribution < -0.4 is 4.74 Å². The Kier molecular flexibility index (Phi) is 2.25. The van der Waals surface area contributed by atoms with Crippen LogP contribution in [0.2, 0.25) is 5.02 Å². The Labute approximate surface area is 121 Å². The van der Waals surface area contributed by atoms with Crippen molar-refractivity contribution >= 4 is 40.1 Å². The van der Waals surface area contributed by atoms with E-state index in [2.05, 4.69) is 24.3 Å². The van der Waals surface area contributed by atoms with Crippen LogP contribution in [0.4, 0.5) is 0 Å². The topological polar surface area (TPSA) is 9.23 Å². The predicted octanol–water partition coefficient (Wildman–Crippen LogP) is 4.99. The van der Waals surface area contributed by atoms with Crippen molar-refractivity contribution in [3.63, 3.8) is 0 Å². The summed E-state index contributed by atoms with van der Waals surface area (Å²) in [5.74, 6) is 1.17. The lowest BCUT2D eigenvalue weighted by Gasteiger charge is -2.15. The zero-order chi connectivity index (χ0) is 13.2. The van der Waals surface area contributed by atoms with Crippen LogP contribution in [0.3, 0.4) is 0 Å². The van der Waals surface area contributed by atoms with Gasteiger partial charge >= 0.3 is 0 Å². The van der Waals surface area contributed by atoms with Crippen LogP contribution >= 0.6 is 23.2 Å². The van der Waals surface area contributed by atoms with Crippen molar-refractivity contribution in [2.75, 3.05) is 7.11 Å². The molecule has 0 saturated heterocycles. The maximum Gasteiger partial charge on any atom is 0.138 e. The molecule has 96 valence electrons. The molecule has 2 aliphatic carbocycles. The Morgan fingerprint density at radius 3 is 2.79 bits per heavy atom. The minimum atomic E-state index is -0.128.